The number of oxime groups is 1. The molecule has 0 aliphatic carbocycles. The van der Waals surface area contributed by atoms with Crippen LogP contribution in [0, 0.1) is 24.2 Å². The van der Waals surface area contributed by atoms with Gasteiger partial charge in [0.2, 0.25) is 5.88 Å². The van der Waals surface area contributed by atoms with E-state index in [9.17, 15) is 4.39 Å². The number of hydrogen-bond donors (Lipinski definition) is 0. The second-order valence-electron chi connectivity index (χ2n) is 6.71. The lowest BCUT2D eigenvalue weighted by molar-refractivity contribution is 0.154. The molecule has 0 N–H and O–H groups in total. The van der Waals surface area contributed by atoms with Crippen molar-refractivity contribution in [3.63, 3.8) is 0 Å². The first-order valence-corrected chi connectivity index (χ1v) is 7.83. The molecule has 0 atom stereocenters. The topological polar surface area (TPSA) is 48.6 Å². The highest BCUT2D eigenvalue weighted by molar-refractivity contribution is 5.83. The van der Waals surface area contributed by atoms with Gasteiger partial charge in [0.1, 0.15) is 5.83 Å². The van der Waals surface area contributed by atoms with Gasteiger partial charge in [-0.05, 0) is 41.5 Å². The third-order valence-electron chi connectivity index (χ3n) is 2.70. The molecule has 6 heteroatoms. The quantitative estimate of drug-likeness (QED) is 0.452. The van der Waals surface area contributed by atoms with Crippen LogP contribution >= 0.6 is 0 Å². The van der Waals surface area contributed by atoms with Crippen LogP contribution in [0.1, 0.15) is 45.9 Å². The molecule has 1 aromatic rings. The number of nitrogens with zero attached hydrogens (tertiary/aromatic N) is 3. The van der Waals surface area contributed by atoms with Gasteiger partial charge in [-0.1, -0.05) is 17.0 Å². The average molecular weight is 335 g/mol. The van der Waals surface area contributed by atoms with Gasteiger partial charge in [-0.3, -0.25) is 0 Å². The van der Waals surface area contributed by atoms with Crippen molar-refractivity contribution in [1.29, 1.82) is 0 Å². The van der Waals surface area contributed by atoms with Crippen LogP contribution in [0.4, 0.5) is 4.39 Å². The van der Waals surface area contributed by atoms with Gasteiger partial charge in [0.25, 0.3) is 0 Å². The molecule has 0 aromatic carbocycles. The molecule has 132 valence electrons. The van der Waals surface area contributed by atoms with E-state index in [2.05, 4.69) is 22.1 Å². The number of aryl methyl sites for hydroxylation is 2. The van der Waals surface area contributed by atoms with E-state index >= 15 is 0 Å². The third kappa shape index (κ3) is 6.86. The Morgan fingerprint density at radius 3 is 2.67 bits per heavy atom. The number of halogens is 1. The summed E-state index contributed by atoms with van der Waals surface area (Å²) in [5, 5.41) is 8.08. The summed E-state index contributed by atoms with van der Waals surface area (Å²) < 4.78 is 20.9. The van der Waals surface area contributed by atoms with Crippen LogP contribution in [0.3, 0.4) is 0 Å². The van der Waals surface area contributed by atoms with Gasteiger partial charge in [-0.2, -0.15) is 5.10 Å². The second-order valence-corrected chi connectivity index (χ2v) is 6.71. The SMILES string of the molecule is Cc1nn(C)c(OC(C)C)c1C=NOCC(F)=CC#CC(C)(C)C. The van der Waals surface area contributed by atoms with E-state index in [1.54, 1.807) is 11.7 Å². The molecule has 1 aromatic heterocycles. The van der Waals surface area contributed by atoms with E-state index in [1.165, 1.54) is 12.3 Å². The Kier molecular flexibility index (Phi) is 7.02. The van der Waals surface area contributed by atoms with Crippen molar-refractivity contribution in [2.45, 2.75) is 47.6 Å². The van der Waals surface area contributed by atoms with E-state index in [0.717, 1.165) is 5.69 Å². The monoisotopic (exact) mass is 335 g/mol. The highest BCUT2D eigenvalue weighted by Crippen LogP contribution is 2.20. The van der Waals surface area contributed by atoms with Gasteiger partial charge < -0.3 is 9.57 Å². The number of hydrogen-bond acceptors (Lipinski definition) is 4. The minimum atomic E-state index is -0.481. The molecule has 0 saturated heterocycles. The maximum absolute atomic E-state index is 13.6. The average Bonchev–Trinajstić information content (AvgIpc) is 2.68. The van der Waals surface area contributed by atoms with Gasteiger partial charge in [0.05, 0.1) is 23.6 Å². The van der Waals surface area contributed by atoms with Crippen molar-refractivity contribution in [3.8, 4) is 17.7 Å². The molecule has 0 saturated carbocycles. The van der Waals surface area contributed by atoms with Gasteiger partial charge in [0.15, 0.2) is 6.61 Å². The molecule has 0 aliphatic rings. The summed E-state index contributed by atoms with van der Waals surface area (Å²) in [4.78, 5) is 4.97. The number of allylic oxidation sites excluding steroid dienone is 1. The Hall–Kier alpha value is -2.29. The fourth-order valence-corrected chi connectivity index (χ4v) is 1.73. The van der Waals surface area contributed by atoms with E-state index in [-0.39, 0.29) is 18.1 Å². The third-order valence-corrected chi connectivity index (χ3v) is 2.70. The summed E-state index contributed by atoms with van der Waals surface area (Å²) in [6, 6.07) is 0. The van der Waals surface area contributed by atoms with Crippen molar-refractivity contribution >= 4 is 6.21 Å². The predicted molar refractivity (Wildman–Crippen MR) is 93.7 cm³/mol. The van der Waals surface area contributed by atoms with Crippen LogP contribution in [0.15, 0.2) is 17.1 Å². The second kappa shape index (κ2) is 8.53. The van der Waals surface area contributed by atoms with E-state index in [0.29, 0.717) is 11.4 Å². The molecule has 0 bridgehead atoms. The van der Waals surface area contributed by atoms with Crippen LogP contribution in [0.25, 0.3) is 0 Å². The van der Waals surface area contributed by atoms with Crippen LogP contribution in [-0.2, 0) is 11.9 Å². The van der Waals surface area contributed by atoms with Crippen LogP contribution in [0.5, 0.6) is 5.88 Å². The summed E-state index contributed by atoms with van der Waals surface area (Å²) in [6.45, 7) is 11.3. The Morgan fingerprint density at radius 2 is 2.08 bits per heavy atom. The fraction of sp³-hybridized carbons (Fsp3) is 0.556. The zero-order chi connectivity index (χ0) is 18.3. The molecule has 0 radical (unpaired) electrons. The number of ether oxygens (including phenoxy) is 1. The first kappa shape index (κ1) is 19.8. The highest BCUT2D eigenvalue weighted by Gasteiger charge is 2.14. The summed E-state index contributed by atoms with van der Waals surface area (Å²) in [5.74, 6) is 5.71. The fourth-order valence-electron chi connectivity index (χ4n) is 1.73. The summed E-state index contributed by atoms with van der Waals surface area (Å²) >= 11 is 0. The molecule has 0 unspecified atom stereocenters. The molecule has 1 heterocycles. The standard InChI is InChI=1S/C18H26FN3O2/c1-13(2)24-17-16(14(3)21-22(17)7)11-20-23-12-15(19)9-8-10-18(4,5)6/h9,11,13H,12H2,1-7H3. The van der Waals surface area contributed by atoms with Gasteiger partial charge in [-0.25, -0.2) is 9.07 Å². The molecular weight excluding hydrogens is 309 g/mol. The molecule has 0 aliphatic heterocycles. The molecule has 0 amide bonds. The Labute approximate surface area is 143 Å². The van der Waals surface area contributed by atoms with Crippen molar-refractivity contribution in [2.24, 2.45) is 17.6 Å². The minimum Gasteiger partial charge on any atom is -0.475 e. The molecule has 1 rings (SSSR count). The number of rotatable bonds is 6. The van der Waals surface area contributed by atoms with Crippen LogP contribution < -0.4 is 4.74 Å². The first-order chi connectivity index (χ1) is 11.1. The smallest absolute Gasteiger partial charge is 0.221 e. The van der Waals surface area contributed by atoms with E-state index in [1.807, 2.05) is 41.5 Å². The molecule has 0 fully saturated rings. The van der Waals surface area contributed by atoms with Gasteiger partial charge >= 0.3 is 0 Å². The van der Waals surface area contributed by atoms with Crippen molar-refractivity contribution in [1.82, 2.24) is 9.78 Å². The molecule has 0 spiro atoms. The largest absolute Gasteiger partial charge is 0.475 e. The minimum absolute atomic E-state index is 0.00892. The predicted octanol–water partition coefficient (Wildman–Crippen LogP) is 3.77. The van der Waals surface area contributed by atoms with Crippen LogP contribution in [0.2, 0.25) is 0 Å². The summed E-state index contributed by atoms with van der Waals surface area (Å²) in [6.07, 6.45) is 2.69. The van der Waals surface area contributed by atoms with E-state index < -0.39 is 5.83 Å². The maximum atomic E-state index is 13.6. The molecule has 5 nitrogen and oxygen atoms in total. The van der Waals surface area contributed by atoms with Gasteiger partial charge in [0, 0.05) is 18.5 Å². The summed E-state index contributed by atoms with van der Waals surface area (Å²) in [5.41, 5.74) is 1.30. The first-order valence-electron chi connectivity index (χ1n) is 7.83. The lowest BCUT2D eigenvalue weighted by Gasteiger charge is -2.10. The zero-order valence-electron chi connectivity index (χ0n) is 15.5. The van der Waals surface area contributed by atoms with Crippen molar-refractivity contribution in [2.75, 3.05) is 6.61 Å². The zero-order valence-corrected chi connectivity index (χ0v) is 15.5. The van der Waals surface area contributed by atoms with Crippen molar-refractivity contribution in [3.05, 3.63) is 23.2 Å². The Balaban J connectivity index is 2.68. The van der Waals surface area contributed by atoms with Crippen LogP contribution in [-0.4, -0.2) is 28.7 Å². The highest BCUT2D eigenvalue weighted by atomic mass is 19.1. The maximum Gasteiger partial charge on any atom is 0.221 e. The van der Waals surface area contributed by atoms with Gasteiger partial charge in [-0.15, -0.1) is 0 Å². The Bertz CT molecular complexity index is 671. The lowest BCUT2D eigenvalue weighted by atomic mass is 9.98. The molecular formula is C18H26FN3O2. The normalized spacial score (nSPS) is 12.5. The number of aromatic nitrogens is 2. The lowest BCUT2D eigenvalue weighted by Crippen LogP contribution is -2.10. The Morgan fingerprint density at radius 1 is 1.42 bits per heavy atom. The molecule has 24 heavy (non-hydrogen) atoms. The van der Waals surface area contributed by atoms with Crippen molar-refractivity contribution < 1.29 is 14.0 Å². The van der Waals surface area contributed by atoms with E-state index in [4.69, 9.17) is 9.57 Å². The summed E-state index contributed by atoms with van der Waals surface area (Å²) in [7, 11) is 1.79.